The molecule has 5 nitrogen and oxygen atoms in total. The summed E-state index contributed by atoms with van der Waals surface area (Å²) in [5, 5.41) is 2.91. The molecule has 0 aliphatic carbocycles. The lowest BCUT2D eigenvalue weighted by Gasteiger charge is -2.33. The highest BCUT2D eigenvalue weighted by Crippen LogP contribution is 2.36. The molecule has 1 atom stereocenters. The van der Waals surface area contributed by atoms with Gasteiger partial charge in [0.25, 0.3) is 5.91 Å². The van der Waals surface area contributed by atoms with E-state index in [9.17, 15) is 9.59 Å². The second kappa shape index (κ2) is 8.25. The van der Waals surface area contributed by atoms with Gasteiger partial charge in [-0.1, -0.05) is 44.2 Å². The molecule has 0 radical (unpaired) electrons. The zero-order valence-corrected chi connectivity index (χ0v) is 16.1. The Labute approximate surface area is 160 Å². The van der Waals surface area contributed by atoms with Crippen LogP contribution in [0.15, 0.2) is 48.5 Å². The van der Waals surface area contributed by atoms with E-state index in [0.717, 1.165) is 6.42 Å². The van der Waals surface area contributed by atoms with Crippen molar-refractivity contribution in [2.24, 2.45) is 5.92 Å². The van der Waals surface area contributed by atoms with Crippen molar-refractivity contribution >= 4 is 23.2 Å². The van der Waals surface area contributed by atoms with Gasteiger partial charge in [0.2, 0.25) is 5.91 Å². The third-order valence-corrected chi connectivity index (χ3v) is 4.51. The van der Waals surface area contributed by atoms with Crippen molar-refractivity contribution in [1.29, 1.82) is 0 Å². The van der Waals surface area contributed by atoms with Gasteiger partial charge >= 0.3 is 0 Å². The van der Waals surface area contributed by atoms with Gasteiger partial charge in [-0.25, -0.2) is 0 Å². The molecule has 0 bridgehead atoms. The Kier molecular flexibility index (Phi) is 5.79. The maximum atomic E-state index is 12.7. The van der Waals surface area contributed by atoms with Crippen LogP contribution >= 0.6 is 0 Å². The molecule has 1 aliphatic rings. The molecule has 1 unspecified atom stereocenters. The molecule has 0 saturated carbocycles. The van der Waals surface area contributed by atoms with Crippen LogP contribution in [0.3, 0.4) is 0 Å². The largest absolute Gasteiger partial charge is 0.479 e. The maximum Gasteiger partial charge on any atom is 0.267 e. The molecule has 1 N–H and O–H groups in total. The Morgan fingerprint density at radius 1 is 1.19 bits per heavy atom. The topological polar surface area (TPSA) is 58.6 Å². The molecule has 2 aromatic rings. The highest BCUT2D eigenvalue weighted by atomic mass is 16.5. The Bertz CT molecular complexity index is 818. The fraction of sp³-hybridized carbons (Fsp3) is 0.364. The highest BCUT2D eigenvalue weighted by molar-refractivity contribution is 6.01. The van der Waals surface area contributed by atoms with E-state index in [1.807, 2.05) is 50.2 Å². The number of ether oxygens (including phenoxy) is 1. The minimum Gasteiger partial charge on any atom is -0.479 e. The van der Waals surface area contributed by atoms with Crippen molar-refractivity contribution in [3.63, 3.8) is 0 Å². The monoisotopic (exact) mass is 366 g/mol. The van der Waals surface area contributed by atoms with E-state index in [0.29, 0.717) is 30.1 Å². The predicted molar refractivity (Wildman–Crippen MR) is 107 cm³/mol. The molecule has 0 spiro atoms. The van der Waals surface area contributed by atoms with Crippen LogP contribution in [0.5, 0.6) is 5.75 Å². The van der Waals surface area contributed by atoms with Crippen molar-refractivity contribution in [2.45, 2.75) is 39.7 Å². The van der Waals surface area contributed by atoms with Crippen LogP contribution < -0.4 is 15.0 Å². The molecule has 1 heterocycles. The standard InChI is InChI=1S/C22H26N2O3/c1-15(2)13-21(25)23-18-9-10-20-19(14-18)24(22(26)16(3)27-20)12-11-17-7-5-4-6-8-17/h4-10,14-16H,11-13H2,1-3H3,(H,23,25). The zero-order valence-electron chi connectivity index (χ0n) is 16.1. The van der Waals surface area contributed by atoms with E-state index in [1.54, 1.807) is 11.8 Å². The smallest absolute Gasteiger partial charge is 0.267 e. The fourth-order valence-corrected chi connectivity index (χ4v) is 3.18. The molecule has 0 fully saturated rings. The van der Waals surface area contributed by atoms with E-state index in [-0.39, 0.29) is 17.7 Å². The number of hydrogen-bond donors (Lipinski definition) is 1. The van der Waals surface area contributed by atoms with Gasteiger partial charge in [0.1, 0.15) is 5.75 Å². The average Bonchev–Trinajstić information content (AvgIpc) is 2.63. The van der Waals surface area contributed by atoms with Crippen molar-refractivity contribution in [2.75, 3.05) is 16.8 Å². The van der Waals surface area contributed by atoms with E-state index in [2.05, 4.69) is 17.4 Å². The number of hydrogen-bond acceptors (Lipinski definition) is 3. The van der Waals surface area contributed by atoms with E-state index < -0.39 is 6.10 Å². The minimum atomic E-state index is -0.519. The normalized spacial score (nSPS) is 16.1. The third kappa shape index (κ3) is 4.67. The van der Waals surface area contributed by atoms with E-state index >= 15 is 0 Å². The Hall–Kier alpha value is -2.82. The van der Waals surface area contributed by atoms with Gasteiger partial charge in [-0.3, -0.25) is 9.59 Å². The molecule has 27 heavy (non-hydrogen) atoms. The number of fused-ring (bicyclic) bond motifs is 1. The van der Waals surface area contributed by atoms with Crippen LogP contribution in [0.1, 0.15) is 32.8 Å². The second-order valence-electron chi connectivity index (χ2n) is 7.31. The molecular weight excluding hydrogens is 340 g/mol. The van der Waals surface area contributed by atoms with Crippen molar-refractivity contribution < 1.29 is 14.3 Å². The molecule has 2 amide bonds. The third-order valence-electron chi connectivity index (χ3n) is 4.51. The summed E-state index contributed by atoms with van der Waals surface area (Å²) in [5.74, 6) is 0.856. The van der Waals surface area contributed by atoms with Crippen LogP contribution in [0.2, 0.25) is 0 Å². The SMILES string of the molecule is CC(C)CC(=O)Nc1ccc2c(c1)N(CCc1ccccc1)C(=O)C(C)O2. The molecule has 142 valence electrons. The van der Waals surface area contributed by atoms with Crippen LogP contribution in [-0.4, -0.2) is 24.5 Å². The van der Waals surface area contributed by atoms with Gasteiger partial charge in [0.05, 0.1) is 5.69 Å². The first-order valence-corrected chi connectivity index (χ1v) is 9.40. The minimum absolute atomic E-state index is 0.0304. The first kappa shape index (κ1) is 19.0. The molecule has 3 rings (SSSR count). The summed E-state index contributed by atoms with van der Waals surface area (Å²) in [6, 6.07) is 15.5. The summed E-state index contributed by atoms with van der Waals surface area (Å²) < 4.78 is 5.75. The lowest BCUT2D eigenvalue weighted by molar-refractivity contribution is -0.125. The number of carbonyl (C=O) groups is 2. The first-order valence-electron chi connectivity index (χ1n) is 9.40. The van der Waals surface area contributed by atoms with Crippen molar-refractivity contribution in [3.05, 3.63) is 54.1 Å². The molecule has 0 aromatic heterocycles. The molecule has 5 heteroatoms. The Morgan fingerprint density at radius 2 is 1.93 bits per heavy atom. The Balaban J connectivity index is 1.81. The van der Waals surface area contributed by atoms with Gasteiger partial charge in [-0.15, -0.1) is 0 Å². The lowest BCUT2D eigenvalue weighted by atomic mass is 10.1. The summed E-state index contributed by atoms with van der Waals surface area (Å²) in [6.07, 6.45) is 0.693. The Morgan fingerprint density at radius 3 is 2.63 bits per heavy atom. The van der Waals surface area contributed by atoms with Crippen molar-refractivity contribution in [1.82, 2.24) is 0 Å². The summed E-state index contributed by atoms with van der Waals surface area (Å²) >= 11 is 0. The van der Waals surface area contributed by atoms with Gasteiger partial charge in [-0.05, 0) is 43.0 Å². The van der Waals surface area contributed by atoms with Gasteiger partial charge in [0, 0.05) is 18.7 Å². The number of rotatable bonds is 6. The van der Waals surface area contributed by atoms with E-state index in [4.69, 9.17) is 4.74 Å². The number of carbonyl (C=O) groups excluding carboxylic acids is 2. The maximum absolute atomic E-state index is 12.7. The van der Waals surface area contributed by atoms with Gasteiger partial charge in [-0.2, -0.15) is 0 Å². The zero-order chi connectivity index (χ0) is 19.4. The van der Waals surface area contributed by atoms with Crippen LogP contribution in [-0.2, 0) is 16.0 Å². The van der Waals surface area contributed by atoms with Gasteiger partial charge in [0.15, 0.2) is 6.10 Å². The number of anilines is 2. The summed E-state index contributed by atoms with van der Waals surface area (Å²) in [6.45, 7) is 6.34. The average molecular weight is 366 g/mol. The number of benzene rings is 2. The van der Waals surface area contributed by atoms with Crippen molar-refractivity contribution in [3.8, 4) is 5.75 Å². The van der Waals surface area contributed by atoms with Crippen LogP contribution in [0.25, 0.3) is 0 Å². The predicted octanol–water partition coefficient (Wildman–Crippen LogP) is 4.03. The summed E-state index contributed by atoms with van der Waals surface area (Å²) in [4.78, 5) is 26.5. The second-order valence-corrected chi connectivity index (χ2v) is 7.31. The fourth-order valence-electron chi connectivity index (χ4n) is 3.18. The van der Waals surface area contributed by atoms with Crippen LogP contribution in [0, 0.1) is 5.92 Å². The summed E-state index contributed by atoms with van der Waals surface area (Å²) in [5.41, 5.74) is 2.55. The summed E-state index contributed by atoms with van der Waals surface area (Å²) in [7, 11) is 0. The quantitative estimate of drug-likeness (QED) is 0.840. The van der Waals surface area contributed by atoms with Gasteiger partial charge < -0.3 is 15.0 Å². The molecule has 0 saturated heterocycles. The molecular formula is C22H26N2O3. The lowest BCUT2D eigenvalue weighted by Crippen LogP contribution is -2.45. The highest BCUT2D eigenvalue weighted by Gasteiger charge is 2.31. The number of nitrogens with one attached hydrogen (secondary N) is 1. The van der Waals surface area contributed by atoms with E-state index in [1.165, 1.54) is 5.56 Å². The number of nitrogens with zero attached hydrogens (tertiary/aromatic N) is 1. The molecule has 1 aliphatic heterocycles. The number of amides is 2. The molecule has 2 aromatic carbocycles. The first-order chi connectivity index (χ1) is 12.9. The van der Waals surface area contributed by atoms with Crippen LogP contribution in [0.4, 0.5) is 11.4 Å².